The predicted octanol–water partition coefficient (Wildman–Crippen LogP) is 1.45. The largest absolute Gasteiger partial charge is 0.497 e. The summed E-state index contributed by atoms with van der Waals surface area (Å²) in [6.07, 6.45) is 3.22. The number of H-pyrrole nitrogens is 1. The summed E-state index contributed by atoms with van der Waals surface area (Å²) in [6.45, 7) is 0. The van der Waals surface area contributed by atoms with Crippen LogP contribution in [0.25, 0.3) is 0 Å². The fourth-order valence-corrected chi connectivity index (χ4v) is 1.64. The van der Waals surface area contributed by atoms with Crippen molar-refractivity contribution in [2.75, 3.05) is 7.11 Å². The van der Waals surface area contributed by atoms with Crippen LogP contribution in [-0.2, 0) is 6.42 Å². The molecular formula is C12H16N4O. The Hall–Kier alpha value is -1.88. The minimum absolute atomic E-state index is 0.0976. The van der Waals surface area contributed by atoms with Gasteiger partial charge in [0.05, 0.1) is 13.2 Å². The third kappa shape index (κ3) is 3.04. The van der Waals surface area contributed by atoms with E-state index in [0.29, 0.717) is 0 Å². The van der Waals surface area contributed by atoms with Gasteiger partial charge in [0, 0.05) is 0 Å². The van der Waals surface area contributed by atoms with E-state index in [0.717, 1.165) is 24.4 Å². The van der Waals surface area contributed by atoms with Gasteiger partial charge in [0.1, 0.15) is 17.9 Å². The van der Waals surface area contributed by atoms with Crippen LogP contribution < -0.4 is 10.5 Å². The molecule has 3 N–H and O–H groups in total. The van der Waals surface area contributed by atoms with E-state index in [1.807, 2.05) is 24.3 Å². The predicted molar refractivity (Wildman–Crippen MR) is 64.6 cm³/mol. The summed E-state index contributed by atoms with van der Waals surface area (Å²) in [4.78, 5) is 4.04. The standard InChI is InChI=1S/C12H16N4O/c1-17-10-5-2-9(3-6-10)4-7-11(13)12-14-8-15-16-12/h2-3,5-6,8,11H,4,7,13H2,1H3,(H,14,15,16). The number of nitrogens with zero attached hydrogens (tertiary/aromatic N) is 2. The maximum Gasteiger partial charge on any atom is 0.141 e. The number of rotatable bonds is 5. The Labute approximate surface area is 100 Å². The molecule has 5 heteroatoms. The Morgan fingerprint density at radius 3 is 2.71 bits per heavy atom. The number of nitrogens with one attached hydrogen (secondary N) is 1. The molecule has 17 heavy (non-hydrogen) atoms. The number of aromatic amines is 1. The van der Waals surface area contributed by atoms with Crippen molar-refractivity contribution in [2.24, 2.45) is 5.73 Å². The minimum Gasteiger partial charge on any atom is -0.497 e. The Bertz CT molecular complexity index is 438. The molecule has 2 aromatic rings. The van der Waals surface area contributed by atoms with Crippen LogP contribution in [0.3, 0.4) is 0 Å². The van der Waals surface area contributed by atoms with Crippen molar-refractivity contribution >= 4 is 0 Å². The highest BCUT2D eigenvalue weighted by Crippen LogP contribution is 2.16. The number of nitrogens with two attached hydrogens (primary N) is 1. The van der Waals surface area contributed by atoms with E-state index in [1.54, 1.807) is 7.11 Å². The first-order chi connectivity index (χ1) is 8.29. The summed E-state index contributed by atoms with van der Waals surface area (Å²) in [7, 11) is 1.66. The molecule has 0 saturated heterocycles. The number of benzene rings is 1. The zero-order valence-electron chi connectivity index (χ0n) is 9.76. The van der Waals surface area contributed by atoms with Gasteiger partial charge in [0.25, 0.3) is 0 Å². The molecule has 0 bridgehead atoms. The van der Waals surface area contributed by atoms with Gasteiger partial charge in [-0.2, -0.15) is 5.10 Å². The third-order valence-electron chi connectivity index (χ3n) is 2.69. The highest BCUT2D eigenvalue weighted by molar-refractivity contribution is 5.27. The van der Waals surface area contributed by atoms with Crippen LogP contribution in [0.15, 0.2) is 30.6 Å². The smallest absolute Gasteiger partial charge is 0.141 e. The van der Waals surface area contributed by atoms with Crippen LogP contribution in [0.5, 0.6) is 5.75 Å². The van der Waals surface area contributed by atoms with Gasteiger partial charge >= 0.3 is 0 Å². The first-order valence-corrected chi connectivity index (χ1v) is 5.53. The molecule has 0 radical (unpaired) electrons. The molecule has 1 unspecified atom stereocenters. The molecular weight excluding hydrogens is 216 g/mol. The molecule has 0 fully saturated rings. The fourth-order valence-electron chi connectivity index (χ4n) is 1.64. The number of hydrogen-bond donors (Lipinski definition) is 2. The van der Waals surface area contributed by atoms with Crippen molar-refractivity contribution < 1.29 is 4.74 Å². The van der Waals surface area contributed by atoms with E-state index in [2.05, 4.69) is 15.2 Å². The Balaban J connectivity index is 1.89. The van der Waals surface area contributed by atoms with Gasteiger partial charge < -0.3 is 10.5 Å². The molecule has 0 aliphatic heterocycles. The van der Waals surface area contributed by atoms with E-state index in [-0.39, 0.29) is 6.04 Å². The van der Waals surface area contributed by atoms with Crippen LogP contribution in [-0.4, -0.2) is 22.3 Å². The van der Waals surface area contributed by atoms with Crippen LogP contribution in [0.1, 0.15) is 23.9 Å². The molecule has 1 aromatic heterocycles. The maximum absolute atomic E-state index is 5.98. The quantitative estimate of drug-likeness (QED) is 0.818. The number of ether oxygens (including phenoxy) is 1. The second-order valence-electron chi connectivity index (χ2n) is 3.86. The molecule has 5 nitrogen and oxygen atoms in total. The maximum atomic E-state index is 5.98. The van der Waals surface area contributed by atoms with Gasteiger partial charge in [-0.15, -0.1) is 0 Å². The minimum atomic E-state index is -0.0976. The first kappa shape index (κ1) is 11.6. The highest BCUT2D eigenvalue weighted by Gasteiger charge is 2.08. The zero-order chi connectivity index (χ0) is 12.1. The van der Waals surface area contributed by atoms with Crippen LogP contribution >= 0.6 is 0 Å². The Morgan fingerprint density at radius 1 is 1.35 bits per heavy atom. The van der Waals surface area contributed by atoms with E-state index in [1.165, 1.54) is 11.9 Å². The van der Waals surface area contributed by atoms with Crippen molar-refractivity contribution in [2.45, 2.75) is 18.9 Å². The highest BCUT2D eigenvalue weighted by atomic mass is 16.5. The molecule has 1 heterocycles. The van der Waals surface area contributed by atoms with Gasteiger partial charge in [0.15, 0.2) is 0 Å². The lowest BCUT2D eigenvalue weighted by molar-refractivity contribution is 0.414. The van der Waals surface area contributed by atoms with Crippen molar-refractivity contribution in [1.29, 1.82) is 0 Å². The molecule has 0 aliphatic rings. The van der Waals surface area contributed by atoms with E-state index >= 15 is 0 Å². The lowest BCUT2D eigenvalue weighted by Crippen LogP contribution is -2.13. The topological polar surface area (TPSA) is 76.8 Å². The molecule has 0 amide bonds. The third-order valence-corrected chi connectivity index (χ3v) is 2.69. The lowest BCUT2D eigenvalue weighted by atomic mass is 10.1. The summed E-state index contributed by atoms with van der Waals surface area (Å²) in [6, 6.07) is 7.90. The van der Waals surface area contributed by atoms with Crippen LogP contribution in [0.4, 0.5) is 0 Å². The van der Waals surface area contributed by atoms with Crippen molar-refractivity contribution in [3.8, 4) is 5.75 Å². The summed E-state index contributed by atoms with van der Waals surface area (Å²) >= 11 is 0. The molecule has 1 atom stereocenters. The number of aryl methyl sites for hydroxylation is 1. The van der Waals surface area contributed by atoms with E-state index in [9.17, 15) is 0 Å². The zero-order valence-corrected chi connectivity index (χ0v) is 9.76. The molecule has 0 aliphatic carbocycles. The number of hydrogen-bond acceptors (Lipinski definition) is 4. The van der Waals surface area contributed by atoms with E-state index in [4.69, 9.17) is 10.5 Å². The van der Waals surface area contributed by atoms with Crippen molar-refractivity contribution in [3.63, 3.8) is 0 Å². The average molecular weight is 232 g/mol. The monoisotopic (exact) mass is 232 g/mol. The summed E-state index contributed by atoms with van der Waals surface area (Å²) < 4.78 is 5.11. The molecule has 1 aromatic carbocycles. The SMILES string of the molecule is COc1ccc(CCC(N)c2ncn[nH]2)cc1. The van der Waals surface area contributed by atoms with Crippen LogP contribution in [0, 0.1) is 0 Å². The molecule has 2 rings (SSSR count). The van der Waals surface area contributed by atoms with Gasteiger partial charge in [-0.05, 0) is 30.5 Å². The van der Waals surface area contributed by atoms with Crippen LogP contribution in [0.2, 0.25) is 0 Å². The summed E-state index contributed by atoms with van der Waals surface area (Å²) in [5.41, 5.74) is 7.22. The fraction of sp³-hybridized carbons (Fsp3) is 0.333. The second kappa shape index (κ2) is 5.45. The molecule has 90 valence electrons. The normalized spacial score (nSPS) is 12.4. The Kier molecular flexibility index (Phi) is 3.72. The molecule has 0 saturated carbocycles. The second-order valence-corrected chi connectivity index (χ2v) is 3.86. The average Bonchev–Trinajstić information content (AvgIpc) is 2.90. The number of aromatic nitrogens is 3. The van der Waals surface area contributed by atoms with Gasteiger partial charge in [-0.25, -0.2) is 4.98 Å². The van der Waals surface area contributed by atoms with Crippen molar-refractivity contribution in [3.05, 3.63) is 42.0 Å². The molecule has 0 spiro atoms. The first-order valence-electron chi connectivity index (χ1n) is 5.53. The lowest BCUT2D eigenvalue weighted by Gasteiger charge is -2.08. The van der Waals surface area contributed by atoms with Gasteiger partial charge in [-0.1, -0.05) is 12.1 Å². The van der Waals surface area contributed by atoms with Crippen molar-refractivity contribution in [1.82, 2.24) is 15.2 Å². The van der Waals surface area contributed by atoms with E-state index < -0.39 is 0 Å². The Morgan fingerprint density at radius 2 is 2.12 bits per heavy atom. The number of methoxy groups -OCH3 is 1. The summed E-state index contributed by atoms with van der Waals surface area (Å²) in [5, 5.41) is 6.57. The summed E-state index contributed by atoms with van der Waals surface area (Å²) in [5.74, 6) is 1.60. The van der Waals surface area contributed by atoms with Gasteiger partial charge in [-0.3, -0.25) is 5.10 Å². The van der Waals surface area contributed by atoms with Gasteiger partial charge in [0.2, 0.25) is 0 Å².